The number of hydrogen-bond donors (Lipinski definition) is 1. The van der Waals surface area contributed by atoms with E-state index in [-0.39, 0.29) is 24.5 Å². The predicted molar refractivity (Wildman–Crippen MR) is 158 cm³/mol. The molecule has 4 aromatic rings. The molecule has 4 heterocycles. The lowest BCUT2D eigenvalue weighted by molar-refractivity contribution is -0.139. The number of esters is 1. The van der Waals surface area contributed by atoms with Crippen LogP contribution in [0.4, 0.5) is 0 Å². The molecule has 0 saturated heterocycles. The van der Waals surface area contributed by atoms with Crippen LogP contribution in [-0.4, -0.2) is 35.0 Å². The van der Waals surface area contributed by atoms with E-state index in [0.717, 1.165) is 6.42 Å². The summed E-state index contributed by atoms with van der Waals surface area (Å²) in [6.07, 6.45) is 2.90. The summed E-state index contributed by atoms with van der Waals surface area (Å²) in [6.45, 7) is 5.73. The number of aromatic carboxylic acids is 1. The van der Waals surface area contributed by atoms with Gasteiger partial charge >= 0.3 is 11.9 Å². The normalized spacial score (nSPS) is 15.8. The Kier molecular flexibility index (Phi) is 7.49. The summed E-state index contributed by atoms with van der Waals surface area (Å²) in [4.78, 5) is 44.2. The number of thiazole rings is 1. The van der Waals surface area contributed by atoms with E-state index in [1.54, 1.807) is 62.4 Å². The molecule has 0 fully saturated rings. The summed E-state index contributed by atoms with van der Waals surface area (Å²) >= 11 is 1.20. The quantitative estimate of drug-likeness (QED) is 0.291. The first-order chi connectivity index (χ1) is 20.8. The van der Waals surface area contributed by atoms with Crippen LogP contribution in [0.5, 0.6) is 11.5 Å². The van der Waals surface area contributed by atoms with Gasteiger partial charge in [-0.2, -0.15) is 0 Å². The molecule has 2 aliphatic rings. The number of carboxylic acids is 1. The Balaban J connectivity index is 1.49. The number of allylic oxidation sites excluding steroid dienone is 1. The van der Waals surface area contributed by atoms with Crippen molar-refractivity contribution in [3.63, 3.8) is 0 Å². The largest absolute Gasteiger partial charge is 0.478 e. The zero-order chi connectivity index (χ0) is 30.2. The number of furan rings is 1. The molecule has 2 aliphatic heterocycles. The molecule has 0 spiro atoms. The Bertz CT molecular complexity index is 1980. The van der Waals surface area contributed by atoms with Gasteiger partial charge < -0.3 is 23.7 Å². The number of carbonyl (C=O) groups is 2. The van der Waals surface area contributed by atoms with E-state index in [2.05, 4.69) is 0 Å². The molecule has 1 N–H and O–H groups in total. The number of aromatic nitrogens is 1. The van der Waals surface area contributed by atoms with Gasteiger partial charge in [0.05, 0.1) is 34.0 Å². The molecule has 2 aromatic carbocycles. The highest BCUT2D eigenvalue weighted by atomic mass is 32.1. The SMILES string of the molecule is CCCC1=C(C(=O)OCC)[C@@H](c2ccc3c(c2)OCO3)n2c(s/c(=C\c3ccc(-c4cccc(C(=O)O)c4C)o3)c2=O)=N1. The standard InChI is InChI=1S/C32H28N2O8S/c1-4-7-22-27(31(38)39-5-2)28(18-10-12-24-25(14-18)41-16-40-24)34-29(35)26(43-32(34)33-22)15-19-11-13-23(42-19)20-8-6-9-21(17(20)3)30(36)37/h6,8-15,28H,4-5,7,16H2,1-3H3,(H,36,37)/b26-15-/t28-/m1/s1. The number of carboxylic acid groups (broad SMARTS) is 1. The zero-order valence-electron chi connectivity index (χ0n) is 23.7. The molecule has 0 saturated carbocycles. The Hall–Kier alpha value is -4.90. The highest BCUT2D eigenvalue weighted by Gasteiger charge is 2.35. The van der Waals surface area contributed by atoms with Crippen molar-refractivity contribution in [2.24, 2.45) is 4.99 Å². The lowest BCUT2D eigenvalue weighted by Gasteiger charge is -2.25. The van der Waals surface area contributed by atoms with Crippen LogP contribution in [0.3, 0.4) is 0 Å². The van der Waals surface area contributed by atoms with Crippen LogP contribution < -0.4 is 24.4 Å². The van der Waals surface area contributed by atoms with E-state index in [9.17, 15) is 19.5 Å². The Morgan fingerprint density at radius 2 is 1.95 bits per heavy atom. The number of carbonyl (C=O) groups excluding carboxylic acids is 1. The highest BCUT2D eigenvalue weighted by molar-refractivity contribution is 7.07. The van der Waals surface area contributed by atoms with Crippen LogP contribution in [0, 0.1) is 6.92 Å². The summed E-state index contributed by atoms with van der Waals surface area (Å²) in [7, 11) is 0. The first kappa shape index (κ1) is 28.2. The molecule has 0 amide bonds. The van der Waals surface area contributed by atoms with Gasteiger partial charge in [0.25, 0.3) is 5.56 Å². The van der Waals surface area contributed by atoms with Crippen molar-refractivity contribution in [2.45, 2.75) is 39.7 Å². The molecular weight excluding hydrogens is 572 g/mol. The van der Waals surface area contributed by atoms with Gasteiger partial charge in [0.15, 0.2) is 16.3 Å². The van der Waals surface area contributed by atoms with Crippen molar-refractivity contribution < 1.29 is 33.3 Å². The minimum absolute atomic E-state index is 0.0917. The molecular formula is C32H28N2O8S. The van der Waals surface area contributed by atoms with E-state index >= 15 is 0 Å². The van der Waals surface area contributed by atoms with Crippen molar-refractivity contribution >= 4 is 29.4 Å². The van der Waals surface area contributed by atoms with Gasteiger partial charge in [0.1, 0.15) is 11.5 Å². The first-order valence-corrected chi connectivity index (χ1v) is 14.7. The molecule has 220 valence electrons. The molecule has 0 aliphatic carbocycles. The Morgan fingerprint density at radius 1 is 1.14 bits per heavy atom. The number of nitrogens with zero attached hydrogens (tertiary/aromatic N) is 2. The van der Waals surface area contributed by atoms with Gasteiger partial charge in [-0.25, -0.2) is 14.6 Å². The molecule has 0 radical (unpaired) electrons. The summed E-state index contributed by atoms with van der Waals surface area (Å²) in [5.41, 5.74) is 2.62. The molecule has 6 rings (SSSR count). The molecule has 1 atom stereocenters. The van der Waals surface area contributed by atoms with Gasteiger partial charge in [0, 0.05) is 11.6 Å². The third-order valence-corrected chi connectivity index (χ3v) is 8.32. The van der Waals surface area contributed by atoms with Gasteiger partial charge in [-0.3, -0.25) is 9.36 Å². The van der Waals surface area contributed by atoms with Gasteiger partial charge in [0.2, 0.25) is 6.79 Å². The van der Waals surface area contributed by atoms with Gasteiger partial charge in [-0.05, 0) is 61.7 Å². The van der Waals surface area contributed by atoms with Crippen molar-refractivity contribution in [2.75, 3.05) is 13.4 Å². The lowest BCUT2D eigenvalue weighted by Crippen LogP contribution is -2.40. The number of rotatable bonds is 8. The summed E-state index contributed by atoms with van der Waals surface area (Å²) in [6, 6.07) is 13.0. The number of hydrogen-bond acceptors (Lipinski definition) is 9. The zero-order valence-corrected chi connectivity index (χ0v) is 24.5. The van der Waals surface area contributed by atoms with Gasteiger partial charge in [-0.1, -0.05) is 42.9 Å². The smallest absolute Gasteiger partial charge is 0.338 e. The van der Waals surface area contributed by atoms with Gasteiger partial charge in [-0.15, -0.1) is 0 Å². The average Bonchev–Trinajstić information content (AvgIpc) is 3.72. The van der Waals surface area contributed by atoms with Crippen LogP contribution in [0.25, 0.3) is 17.4 Å². The van der Waals surface area contributed by atoms with E-state index in [4.69, 9.17) is 23.6 Å². The maximum Gasteiger partial charge on any atom is 0.338 e. The van der Waals surface area contributed by atoms with Crippen LogP contribution in [-0.2, 0) is 9.53 Å². The van der Waals surface area contributed by atoms with Crippen molar-refractivity contribution in [1.82, 2.24) is 4.57 Å². The monoisotopic (exact) mass is 600 g/mol. The molecule has 0 bridgehead atoms. The van der Waals surface area contributed by atoms with Crippen LogP contribution >= 0.6 is 11.3 Å². The molecule has 2 aromatic heterocycles. The van der Waals surface area contributed by atoms with Crippen molar-refractivity contribution in [3.05, 3.63) is 102 Å². The van der Waals surface area contributed by atoms with Crippen LogP contribution in [0.1, 0.15) is 60.0 Å². The number of fused-ring (bicyclic) bond motifs is 2. The predicted octanol–water partition coefficient (Wildman–Crippen LogP) is 4.57. The van der Waals surface area contributed by atoms with E-state index < -0.39 is 18.0 Å². The highest BCUT2D eigenvalue weighted by Crippen LogP contribution is 2.39. The Labute approximate surface area is 249 Å². The summed E-state index contributed by atoms with van der Waals surface area (Å²) in [5, 5.41) is 9.51. The Morgan fingerprint density at radius 3 is 2.72 bits per heavy atom. The fourth-order valence-corrected chi connectivity index (χ4v) is 6.36. The second-order valence-corrected chi connectivity index (χ2v) is 11.0. The minimum Gasteiger partial charge on any atom is -0.478 e. The third-order valence-electron chi connectivity index (χ3n) is 7.33. The number of ether oxygens (including phenoxy) is 3. The van der Waals surface area contributed by atoms with Crippen LogP contribution in [0.2, 0.25) is 0 Å². The fraction of sp³-hybridized carbons (Fsp3) is 0.250. The summed E-state index contributed by atoms with van der Waals surface area (Å²) < 4.78 is 24.5. The maximum atomic E-state index is 14.0. The van der Waals surface area contributed by atoms with Crippen molar-refractivity contribution in [3.8, 4) is 22.8 Å². The molecule has 43 heavy (non-hydrogen) atoms. The topological polar surface area (TPSA) is 130 Å². The second kappa shape index (κ2) is 11.4. The van der Waals surface area contributed by atoms with E-state index in [1.807, 2.05) is 13.0 Å². The lowest BCUT2D eigenvalue weighted by atomic mass is 9.94. The summed E-state index contributed by atoms with van der Waals surface area (Å²) in [5.74, 6) is 0.466. The van der Waals surface area contributed by atoms with Crippen molar-refractivity contribution in [1.29, 1.82) is 0 Å². The maximum absolute atomic E-state index is 14.0. The first-order valence-electron chi connectivity index (χ1n) is 13.8. The van der Waals surface area contributed by atoms with Crippen LogP contribution in [0.15, 0.2) is 74.0 Å². The third kappa shape index (κ3) is 5.05. The molecule has 10 nitrogen and oxygen atoms in total. The second-order valence-electron chi connectivity index (χ2n) is 10.0. The fourth-order valence-electron chi connectivity index (χ4n) is 5.36. The van der Waals surface area contributed by atoms with E-state index in [1.165, 1.54) is 15.9 Å². The average molecular weight is 601 g/mol. The molecule has 0 unspecified atom stereocenters. The number of benzene rings is 2. The van der Waals surface area contributed by atoms with E-state index in [0.29, 0.717) is 66.7 Å². The molecule has 11 heteroatoms. The minimum atomic E-state index is -1.02.